The lowest BCUT2D eigenvalue weighted by Gasteiger charge is -2.60. The van der Waals surface area contributed by atoms with Gasteiger partial charge in [0, 0.05) is 66.5 Å². The van der Waals surface area contributed by atoms with Gasteiger partial charge in [-0.2, -0.15) is 0 Å². The second kappa shape index (κ2) is 22.3. The number of amides is 3. The molecule has 3 aromatic carbocycles. The average molecular weight is 1070 g/mol. The Morgan fingerprint density at radius 3 is 2.08 bits per heavy atom. The Morgan fingerprint density at radius 2 is 1.32 bits per heavy atom. The molecule has 78 heavy (non-hydrogen) atoms. The van der Waals surface area contributed by atoms with Crippen molar-refractivity contribution in [2.24, 2.45) is 46.8 Å². The topological polar surface area (TPSA) is 212 Å². The van der Waals surface area contributed by atoms with Gasteiger partial charge in [0.1, 0.15) is 17.2 Å². The molecule has 3 amide bonds. The second-order valence-electron chi connectivity index (χ2n) is 25.7. The lowest BCUT2D eigenvalue weighted by Crippen LogP contribution is -2.62. The van der Waals surface area contributed by atoms with Gasteiger partial charge in [0.05, 0.1) is 39.1 Å². The maximum absolute atomic E-state index is 13.7. The molecule has 15 heteroatoms. The number of nitrogens with two attached hydrogens (primary N) is 3. The van der Waals surface area contributed by atoms with Crippen LogP contribution in [0.5, 0.6) is 17.2 Å². The molecule has 6 fully saturated rings. The molecule has 3 heterocycles. The van der Waals surface area contributed by atoms with E-state index in [4.69, 9.17) is 45.6 Å². The minimum absolute atomic E-state index is 0.0352. The molecule has 3 aromatic rings. The van der Waals surface area contributed by atoms with Crippen LogP contribution >= 0.6 is 0 Å². The van der Waals surface area contributed by atoms with Crippen LogP contribution in [0.3, 0.4) is 0 Å². The predicted molar refractivity (Wildman–Crippen MR) is 297 cm³/mol. The second-order valence-corrected chi connectivity index (χ2v) is 25.7. The quantitative estimate of drug-likeness (QED) is 0.136. The Bertz CT molecular complexity index is 2690. The summed E-state index contributed by atoms with van der Waals surface area (Å²) in [4.78, 5) is 42.5. The van der Waals surface area contributed by atoms with Crippen LogP contribution in [0, 0.1) is 29.6 Å². The van der Waals surface area contributed by atoms with Crippen LogP contribution in [0.15, 0.2) is 54.6 Å². The molecule has 0 radical (unpaired) electrons. The molecule has 12 rings (SSSR count). The summed E-state index contributed by atoms with van der Waals surface area (Å²) in [6, 6.07) is 18.6. The van der Waals surface area contributed by atoms with Crippen molar-refractivity contribution in [3.63, 3.8) is 0 Å². The van der Waals surface area contributed by atoms with Gasteiger partial charge >= 0.3 is 18.3 Å². The van der Waals surface area contributed by atoms with E-state index in [1.807, 2.05) is 18.2 Å². The Kier molecular flexibility index (Phi) is 15.4. The van der Waals surface area contributed by atoms with Crippen LogP contribution in [-0.4, -0.2) is 107 Å². The molecular formula is C63H86N6O9. The molecule has 6 aliphatic carbocycles. The monoisotopic (exact) mass is 1070 g/mol. The van der Waals surface area contributed by atoms with Gasteiger partial charge in [-0.3, -0.25) is 0 Å². The van der Waals surface area contributed by atoms with Crippen molar-refractivity contribution in [2.75, 3.05) is 59.3 Å². The van der Waals surface area contributed by atoms with Gasteiger partial charge in [-0.15, -0.1) is 0 Å². The molecule has 0 spiro atoms. The van der Waals surface area contributed by atoms with E-state index in [9.17, 15) is 14.4 Å². The first-order chi connectivity index (χ1) is 37.8. The molecule has 4 unspecified atom stereocenters. The molecule has 0 aromatic heterocycles. The van der Waals surface area contributed by atoms with Crippen molar-refractivity contribution in [1.82, 2.24) is 15.5 Å². The number of rotatable bonds is 9. The highest BCUT2D eigenvalue weighted by Crippen LogP contribution is 2.64. The van der Waals surface area contributed by atoms with Crippen LogP contribution in [0.1, 0.15) is 162 Å². The maximum atomic E-state index is 13.7. The fourth-order valence-corrected chi connectivity index (χ4v) is 17.2. The number of nitrogens with one attached hydrogen (secondary N) is 2. The molecule has 13 atom stereocenters. The minimum atomic E-state index is -0.508. The number of nitrogens with zero attached hydrogens (tertiary/aromatic N) is 1. The van der Waals surface area contributed by atoms with Gasteiger partial charge in [-0.25, -0.2) is 14.4 Å². The number of hydrogen-bond acceptors (Lipinski definition) is 12. The van der Waals surface area contributed by atoms with E-state index in [1.165, 1.54) is 33.4 Å². The van der Waals surface area contributed by atoms with Crippen molar-refractivity contribution in [3.8, 4) is 17.2 Å². The molecule has 3 saturated carbocycles. The number of morpholine rings is 1. The smallest absolute Gasteiger partial charge is 0.410 e. The van der Waals surface area contributed by atoms with Crippen molar-refractivity contribution in [1.29, 1.82) is 0 Å². The zero-order valence-electron chi connectivity index (χ0n) is 46.3. The van der Waals surface area contributed by atoms with Crippen LogP contribution in [-0.2, 0) is 36.9 Å². The highest BCUT2D eigenvalue weighted by Gasteiger charge is 2.60. The summed E-state index contributed by atoms with van der Waals surface area (Å²) in [7, 11) is 0. The standard InChI is InChI=1S/C63H86N6O9/c1-61-22-9-3-5-12-46(56(61)65)49(45-19-17-44(31-52(45)61)78-60(72)69-24-27-73-28-25-69)33-63-23-10-4-6-13-48(57(63)66)54(47-20-18-43(32-53(47)63)76-58(70)67-34-38-35-75-36-38)50-14-8-7-11-40-29-39-15-16-42(30-51(39)62(50,2)55(40)64)77-59(71)68-41-21-26-74-37-41/h15-20,30-32,38,40-41,46,48-50,54-57H,3-14,21-29,33-37,64-66H2,1-2H3,(H,67,70)(H,68,71)/t40-,41?,46-,48-,49?,50?,54?,55-,56-,57-,61+,62+,63-/m0/s1. The summed E-state index contributed by atoms with van der Waals surface area (Å²) in [5.41, 5.74) is 30.0. The zero-order valence-corrected chi connectivity index (χ0v) is 46.3. The third-order valence-electron chi connectivity index (χ3n) is 21.5. The van der Waals surface area contributed by atoms with Crippen LogP contribution in [0.2, 0.25) is 0 Å². The highest BCUT2D eigenvalue weighted by molar-refractivity contribution is 5.72. The lowest BCUT2D eigenvalue weighted by atomic mass is 9.45. The van der Waals surface area contributed by atoms with E-state index in [0.29, 0.717) is 82.4 Å². The number of ether oxygens (including phenoxy) is 6. The Hall–Kier alpha value is -4.77. The number of fused-ring (bicyclic) bond motifs is 12. The van der Waals surface area contributed by atoms with E-state index in [1.54, 1.807) is 4.90 Å². The van der Waals surface area contributed by atoms with E-state index in [2.05, 4.69) is 60.9 Å². The average Bonchev–Trinajstić information content (AvgIpc) is 3.84. The largest absolute Gasteiger partial charge is 0.415 e. The normalized spacial score (nSPS) is 35.5. The van der Waals surface area contributed by atoms with Gasteiger partial charge in [0.2, 0.25) is 0 Å². The SMILES string of the molecule is C[C@]12c3cc(OC(=O)NC4CCOC4)ccc3C[C@H](CCCCC1C1c3ccc(OC(=O)NCC4COC4)cc3[C@@]3(CC4c5ccc(OC(=O)N6CCOCC6)cc5[C@@]5(C)CCCCC[C@@H]4[C@@H]5N)CCCCC[C@@H]1[C@@H]3N)[C@@H]2N. The van der Waals surface area contributed by atoms with E-state index in [-0.39, 0.29) is 71.2 Å². The molecule has 3 saturated heterocycles. The fourth-order valence-electron chi connectivity index (χ4n) is 17.2. The number of carbonyl (C=O) groups is 3. The number of carbonyl (C=O) groups excluding carboxylic acids is 3. The zero-order chi connectivity index (χ0) is 53.8. The summed E-state index contributed by atoms with van der Waals surface area (Å²) in [6.45, 7) is 9.63. The maximum Gasteiger partial charge on any atom is 0.415 e. The third kappa shape index (κ3) is 9.92. The van der Waals surface area contributed by atoms with Gasteiger partial charge in [-0.05, 0) is 163 Å². The van der Waals surface area contributed by atoms with Gasteiger partial charge in [0.15, 0.2) is 0 Å². The molecular weight excluding hydrogens is 985 g/mol. The molecule has 6 bridgehead atoms. The summed E-state index contributed by atoms with van der Waals surface area (Å²) >= 11 is 0. The van der Waals surface area contributed by atoms with E-state index in [0.717, 1.165) is 109 Å². The van der Waals surface area contributed by atoms with Crippen LogP contribution in [0.4, 0.5) is 14.4 Å². The summed E-state index contributed by atoms with van der Waals surface area (Å²) in [6.07, 6.45) is 15.8. The van der Waals surface area contributed by atoms with Crippen molar-refractivity contribution in [3.05, 3.63) is 88.0 Å². The van der Waals surface area contributed by atoms with Crippen molar-refractivity contribution in [2.45, 2.75) is 175 Å². The number of hydrogen-bond donors (Lipinski definition) is 5. The Morgan fingerprint density at radius 1 is 0.641 bits per heavy atom. The van der Waals surface area contributed by atoms with Crippen molar-refractivity contribution >= 4 is 18.3 Å². The third-order valence-corrected chi connectivity index (χ3v) is 21.5. The van der Waals surface area contributed by atoms with Gasteiger partial charge in [0.25, 0.3) is 0 Å². The molecule has 3 aliphatic heterocycles. The Balaban J connectivity index is 0.974. The summed E-state index contributed by atoms with van der Waals surface area (Å²) < 4.78 is 35.1. The first-order valence-corrected chi connectivity index (χ1v) is 30.2. The van der Waals surface area contributed by atoms with E-state index >= 15 is 0 Å². The molecule has 15 nitrogen and oxygen atoms in total. The minimum Gasteiger partial charge on any atom is -0.410 e. The molecule has 422 valence electrons. The van der Waals surface area contributed by atoms with Crippen molar-refractivity contribution < 1.29 is 42.8 Å². The van der Waals surface area contributed by atoms with Gasteiger partial charge < -0.3 is 61.2 Å². The summed E-state index contributed by atoms with van der Waals surface area (Å²) in [5, 5.41) is 6.04. The Labute approximate surface area is 461 Å². The van der Waals surface area contributed by atoms with Crippen LogP contribution < -0.4 is 42.0 Å². The van der Waals surface area contributed by atoms with E-state index < -0.39 is 23.0 Å². The fraction of sp³-hybridized carbons (Fsp3) is 0.667. The summed E-state index contributed by atoms with van der Waals surface area (Å²) in [5.74, 6) is 2.66. The first-order valence-electron chi connectivity index (χ1n) is 30.2. The highest BCUT2D eigenvalue weighted by atomic mass is 16.6. The lowest BCUT2D eigenvalue weighted by molar-refractivity contribution is -0.0298. The van der Waals surface area contributed by atoms with Crippen LogP contribution in [0.25, 0.3) is 0 Å². The number of benzene rings is 3. The molecule has 9 aliphatic rings. The molecule has 8 N–H and O–H groups in total. The predicted octanol–water partition coefficient (Wildman–Crippen LogP) is 9.37. The van der Waals surface area contributed by atoms with Gasteiger partial charge in [-0.1, -0.05) is 83.4 Å². The first kappa shape index (κ1) is 53.9.